The number of benzene rings is 1. The fraction of sp³-hybridized carbons (Fsp3) is 0.611. The molecule has 138 valence electrons. The molecule has 0 spiro atoms. The van der Waals surface area contributed by atoms with Gasteiger partial charge in [0.2, 0.25) is 0 Å². The Morgan fingerprint density at radius 1 is 1.08 bits per heavy atom. The second-order valence-corrected chi connectivity index (χ2v) is 6.06. The van der Waals surface area contributed by atoms with Crippen LogP contribution in [0.4, 0.5) is 5.69 Å². The van der Waals surface area contributed by atoms with Gasteiger partial charge in [-0.05, 0) is 24.5 Å². The maximum absolute atomic E-state index is 5.92. The molecule has 0 radical (unpaired) electrons. The van der Waals surface area contributed by atoms with E-state index in [4.69, 9.17) is 15.2 Å². The average molecular weight is 449 g/mol. The summed E-state index contributed by atoms with van der Waals surface area (Å²) in [5.41, 5.74) is 6.75. The average Bonchev–Trinajstić information content (AvgIpc) is 2.53. The van der Waals surface area contributed by atoms with Gasteiger partial charge in [0.25, 0.3) is 0 Å². The molecule has 0 aromatic heterocycles. The number of guanidine groups is 1. The van der Waals surface area contributed by atoms with E-state index >= 15 is 0 Å². The molecule has 0 amide bonds. The first-order valence-electron chi connectivity index (χ1n) is 8.35. The van der Waals surface area contributed by atoms with Gasteiger partial charge in [0.1, 0.15) is 0 Å². The number of ether oxygens (including phenoxy) is 2. The van der Waals surface area contributed by atoms with E-state index in [0.717, 1.165) is 24.6 Å². The van der Waals surface area contributed by atoms with Crippen LogP contribution in [0, 0.1) is 5.92 Å². The fourth-order valence-corrected chi connectivity index (χ4v) is 2.32. The lowest BCUT2D eigenvalue weighted by molar-refractivity contribution is 0.355. The summed E-state index contributed by atoms with van der Waals surface area (Å²) in [4.78, 5) is 4.36. The van der Waals surface area contributed by atoms with Crippen LogP contribution in [-0.2, 0) is 0 Å². The molecule has 1 aromatic carbocycles. The second kappa shape index (κ2) is 13.1. The molecule has 0 atom stereocenters. The normalized spacial score (nSPS) is 11.1. The van der Waals surface area contributed by atoms with Crippen molar-refractivity contribution >= 4 is 35.6 Å². The van der Waals surface area contributed by atoms with Crippen molar-refractivity contribution in [2.24, 2.45) is 16.6 Å². The van der Waals surface area contributed by atoms with Gasteiger partial charge in [-0.2, -0.15) is 0 Å². The highest BCUT2D eigenvalue weighted by Gasteiger charge is 2.04. The van der Waals surface area contributed by atoms with Crippen LogP contribution in [0.15, 0.2) is 23.2 Å². The third-order valence-electron chi connectivity index (χ3n) is 3.63. The molecule has 0 fully saturated rings. The maximum atomic E-state index is 5.92. The number of methoxy groups -OCH3 is 2. The van der Waals surface area contributed by atoms with E-state index in [2.05, 4.69) is 24.2 Å². The van der Waals surface area contributed by atoms with E-state index in [1.54, 1.807) is 14.2 Å². The summed E-state index contributed by atoms with van der Waals surface area (Å²) >= 11 is 0. The minimum atomic E-state index is 0. The van der Waals surface area contributed by atoms with Gasteiger partial charge in [0.15, 0.2) is 17.5 Å². The van der Waals surface area contributed by atoms with Gasteiger partial charge in [0.05, 0.1) is 14.2 Å². The van der Waals surface area contributed by atoms with E-state index in [1.807, 2.05) is 18.2 Å². The molecule has 0 aliphatic carbocycles. The minimum Gasteiger partial charge on any atom is -0.493 e. The highest BCUT2D eigenvalue weighted by molar-refractivity contribution is 14.0. The standard InChI is InChI=1S/C18H31N3O2.HI/c1-14(2)9-7-5-6-8-12-20-18(19)21-15-10-11-16(22-3)17(13-15)23-4;/h10-11,13-14H,5-9,12H2,1-4H3,(H3,19,20,21);1H. The fourth-order valence-electron chi connectivity index (χ4n) is 2.32. The van der Waals surface area contributed by atoms with Crippen molar-refractivity contribution in [3.8, 4) is 11.5 Å². The summed E-state index contributed by atoms with van der Waals surface area (Å²) in [5, 5.41) is 3.08. The Bertz CT molecular complexity index is 493. The predicted octanol–water partition coefficient (Wildman–Crippen LogP) is 4.65. The lowest BCUT2D eigenvalue weighted by atomic mass is 10.0. The highest BCUT2D eigenvalue weighted by Crippen LogP contribution is 2.29. The molecule has 5 nitrogen and oxygen atoms in total. The highest BCUT2D eigenvalue weighted by atomic mass is 127. The van der Waals surface area contributed by atoms with Crippen LogP contribution in [0.5, 0.6) is 11.5 Å². The third-order valence-corrected chi connectivity index (χ3v) is 3.63. The van der Waals surface area contributed by atoms with Crippen molar-refractivity contribution < 1.29 is 9.47 Å². The number of aliphatic imine (C=N–C) groups is 1. The molecule has 0 unspecified atom stereocenters. The number of rotatable bonds is 10. The van der Waals surface area contributed by atoms with Crippen molar-refractivity contribution in [1.29, 1.82) is 0 Å². The molecule has 0 aliphatic rings. The Morgan fingerprint density at radius 3 is 2.38 bits per heavy atom. The molecule has 24 heavy (non-hydrogen) atoms. The molecule has 3 N–H and O–H groups in total. The van der Waals surface area contributed by atoms with Gasteiger partial charge in [0, 0.05) is 18.3 Å². The van der Waals surface area contributed by atoms with Gasteiger partial charge in [-0.25, -0.2) is 0 Å². The molecule has 1 aromatic rings. The topological polar surface area (TPSA) is 68.9 Å². The molecular weight excluding hydrogens is 417 g/mol. The van der Waals surface area contributed by atoms with Crippen LogP contribution in [0.1, 0.15) is 46.0 Å². The zero-order valence-electron chi connectivity index (χ0n) is 15.3. The van der Waals surface area contributed by atoms with Crippen LogP contribution in [-0.4, -0.2) is 26.7 Å². The largest absolute Gasteiger partial charge is 0.493 e. The van der Waals surface area contributed by atoms with Gasteiger partial charge in [-0.15, -0.1) is 24.0 Å². The van der Waals surface area contributed by atoms with Crippen molar-refractivity contribution in [1.82, 2.24) is 0 Å². The van der Waals surface area contributed by atoms with Gasteiger partial charge >= 0.3 is 0 Å². The van der Waals surface area contributed by atoms with Crippen molar-refractivity contribution in [3.05, 3.63) is 18.2 Å². The number of hydrogen-bond donors (Lipinski definition) is 2. The zero-order chi connectivity index (χ0) is 17.1. The second-order valence-electron chi connectivity index (χ2n) is 6.06. The first-order chi connectivity index (χ1) is 11.1. The van der Waals surface area contributed by atoms with Crippen molar-refractivity contribution in [3.63, 3.8) is 0 Å². The van der Waals surface area contributed by atoms with Gasteiger partial charge in [-0.3, -0.25) is 4.99 Å². The summed E-state index contributed by atoms with van der Waals surface area (Å²) in [5.74, 6) is 2.58. The van der Waals surface area contributed by atoms with E-state index in [0.29, 0.717) is 17.5 Å². The Hall–Kier alpha value is -1.18. The number of nitrogens with one attached hydrogen (secondary N) is 1. The molecule has 0 saturated carbocycles. The number of unbranched alkanes of at least 4 members (excludes halogenated alkanes) is 3. The number of nitrogens with zero attached hydrogens (tertiary/aromatic N) is 1. The van der Waals surface area contributed by atoms with E-state index in [9.17, 15) is 0 Å². The molecule has 0 aliphatic heterocycles. The molecule has 0 bridgehead atoms. The van der Waals surface area contributed by atoms with Crippen LogP contribution >= 0.6 is 24.0 Å². The molecule has 0 heterocycles. The third kappa shape index (κ3) is 9.20. The number of anilines is 1. The molecular formula is C18H32IN3O2. The Morgan fingerprint density at radius 2 is 1.75 bits per heavy atom. The van der Waals surface area contributed by atoms with E-state index in [1.165, 1.54) is 25.7 Å². The Balaban J connectivity index is 0.00000529. The van der Waals surface area contributed by atoms with Gasteiger partial charge < -0.3 is 20.5 Å². The Labute approximate surface area is 163 Å². The zero-order valence-corrected chi connectivity index (χ0v) is 17.6. The smallest absolute Gasteiger partial charge is 0.193 e. The van der Waals surface area contributed by atoms with Crippen LogP contribution in [0.3, 0.4) is 0 Å². The predicted molar refractivity (Wildman–Crippen MR) is 113 cm³/mol. The first kappa shape index (κ1) is 22.8. The van der Waals surface area contributed by atoms with Crippen LogP contribution < -0.4 is 20.5 Å². The van der Waals surface area contributed by atoms with Crippen LogP contribution in [0.25, 0.3) is 0 Å². The monoisotopic (exact) mass is 449 g/mol. The van der Waals surface area contributed by atoms with Crippen molar-refractivity contribution in [2.75, 3.05) is 26.1 Å². The molecule has 0 saturated heterocycles. The SMILES string of the molecule is COc1ccc(NC(N)=NCCCCCCC(C)C)cc1OC.I. The van der Waals surface area contributed by atoms with Gasteiger partial charge in [-0.1, -0.05) is 39.5 Å². The molecule has 6 heteroatoms. The number of nitrogens with two attached hydrogens (primary N) is 1. The summed E-state index contributed by atoms with van der Waals surface area (Å²) < 4.78 is 10.5. The summed E-state index contributed by atoms with van der Waals surface area (Å²) in [6.45, 7) is 5.30. The van der Waals surface area contributed by atoms with Crippen LogP contribution in [0.2, 0.25) is 0 Å². The lowest BCUT2D eigenvalue weighted by Gasteiger charge is -2.11. The Kier molecular flexibility index (Phi) is 12.5. The lowest BCUT2D eigenvalue weighted by Crippen LogP contribution is -2.22. The number of halogens is 1. The summed E-state index contributed by atoms with van der Waals surface area (Å²) in [6, 6.07) is 5.56. The number of hydrogen-bond acceptors (Lipinski definition) is 3. The summed E-state index contributed by atoms with van der Waals surface area (Å²) in [6.07, 6.45) is 6.18. The van der Waals surface area contributed by atoms with Crippen molar-refractivity contribution in [2.45, 2.75) is 46.0 Å². The van der Waals surface area contributed by atoms with E-state index in [-0.39, 0.29) is 24.0 Å². The first-order valence-corrected chi connectivity index (χ1v) is 8.35. The quantitative estimate of drug-likeness (QED) is 0.236. The minimum absolute atomic E-state index is 0. The summed E-state index contributed by atoms with van der Waals surface area (Å²) in [7, 11) is 3.22. The molecule has 1 rings (SSSR count). The maximum Gasteiger partial charge on any atom is 0.193 e. The van der Waals surface area contributed by atoms with E-state index < -0.39 is 0 Å².